The average Bonchev–Trinajstić information content (AvgIpc) is 3.71. The molecule has 1 aliphatic rings. The van der Waals surface area contributed by atoms with Crippen LogP contribution < -0.4 is 9.47 Å². The van der Waals surface area contributed by atoms with Gasteiger partial charge in [-0.3, -0.25) is 4.90 Å². The van der Waals surface area contributed by atoms with Gasteiger partial charge in [-0.2, -0.15) is 5.10 Å². The van der Waals surface area contributed by atoms with E-state index >= 15 is 0 Å². The van der Waals surface area contributed by atoms with E-state index in [9.17, 15) is 9.50 Å². The van der Waals surface area contributed by atoms with Crippen molar-refractivity contribution in [3.8, 4) is 23.1 Å². The molecule has 3 aromatic carbocycles. The van der Waals surface area contributed by atoms with Crippen LogP contribution in [0.25, 0.3) is 5.69 Å². The first-order valence-corrected chi connectivity index (χ1v) is 13.2. The summed E-state index contributed by atoms with van der Waals surface area (Å²) in [7, 11) is 0. The van der Waals surface area contributed by atoms with Crippen LogP contribution in [-0.4, -0.2) is 45.1 Å². The molecule has 0 radical (unpaired) electrons. The lowest BCUT2D eigenvalue weighted by Gasteiger charge is -2.26. The van der Waals surface area contributed by atoms with E-state index in [1.54, 1.807) is 16.8 Å². The van der Waals surface area contributed by atoms with Crippen LogP contribution in [0.4, 0.5) is 4.39 Å². The number of benzene rings is 3. The Kier molecular flexibility index (Phi) is 8.05. The third kappa shape index (κ3) is 6.41. The number of ether oxygens (including phenoxy) is 2. The Hall–Kier alpha value is -3.68. The molecule has 38 heavy (non-hydrogen) atoms. The lowest BCUT2D eigenvalue weighted by molar-refractivity contribution is 0.0623. The molecule has 1 fully saturated rings. The Labute approximate surface area is 223 Å². The van der Waals surface area contributed by atoms with Gasteiger partial charge in [-0.05, 0) is 55.2 Å². The van der Waals surface area contributed by atoms with Crippen molar-refractivity contribution in [1.82, 2.24) is 14.7 Å². The highest BCUT2D eigenvalue weighted by atomic mass is 19.1. The summed E-state index contributed by atoms with van der Waals surface area (Å²) in [6.45, 7) is 5.44. The molecule has 1 N–H and O–H groups in total. The van der Waals surface area contributed by atoms with E-state index in [1.165, 1.54) is 12.1 Å². The maximum absolute atomic E-state index is 14.0. The van der Waals surface area contributed by atoms with Crippen molar-refractivity contribution in [3.63, 3.8) is 0 Å². The highest BCUT2D eigenvalue weighted by molar-refractivity contribution is 5.44. The minimum Gasteiger partial charge on any atom is -0.491 e. The monoisotopic (exact) mass is 515 g/mol. The summed E-state index contributed by atoms with van der Waals surface area (Å²) in [6, 6.07) is 25.9. The molecule has 1 heterocycles. The molecule has 0 bridgehead atoms. The van der Waals surface area contributed by atoms with Crippen molar-refractivity contribution in [2.45, 2.75) is 51.3 Å². The lowest BCUT2D eigenvalue weighted by atomic mass is 10.1. The summed E-state index contributed by atoms with van der Waals surface area (Å²) in [4.78, 5) is 2.29. The van der Waals surface area contributed by atoms with E-state index in [0.29, 0.717) is 30.8 Å². The Balaban J connectivity index is 1.45. The highest BCUT2D eigenvalue weighted by Gasteiger charge is 2.33. The highest BCUT2D eigenvalue weighted by Crippen LogP contribution is 2.37. The molecule has 0 saturated heterocycles. The molecular formula is C31H34FN3O3. The normalized spacial score (nSPS) is 14.2. The zero-order valence-corrected chi connectivity index (χ0v) is 21.8. The average molecular weight is 516 g/mol. The molecule has 6 nitrogen and oxygen atoms in total. The van der Waals surface area contributed by atoms with Crippen molar-refractivity contribution in [3.05, 3.63) is 102 Å². The second-order valence-electron chi connectivity index (χ2n) is 10.1. The number of aliphatic hydroxyl groups is 1. The molecule has 1 atom stereocenters. The van der Waals surface area contributed by atoms with Gasteiger partial charge < -0.3 is 14.6 Å². The first kappa shape index (κ1) is 25.9. The molecule has 1 saturated carbocycles. The van der Waals surface area contributed by atoms with E-state index in [2.05, 4.69) is 18.7 Å². The summed E-state index contributed by atoms with van der Waals surface area (Å²) < 4.78 is 28.0. The zero-order valence-electron chi connectivity index (χ0n) is 21.8. The quantitative estimate of drug-likeness (QED) is 0.239. The van der Waals surface area contributed by atoms with Gasteiger partial charge in [0.15, 0.2) is 0 Å². The smallest absolute Gasteiger partial charge is 0.227 e. The number of rotatable bonds is 12. The molecular weight excluding hydrogens is 481 g/mol. The van der Waals surface area contributed by atoms with Crippen LogP contribution in [0.3, 0.4) is 0 Å². The molecule has 7 heteroatoms. The molecule has 1 aromatic heterocycles. The first-order valence-electron chi connectivity index (χ1n) is 13.2. The minimum atomic E-state index is -0.657. The second kappa shape index (κ2) is 11.8. The number of nitrogens with zero attached hydrogens (tertiary/aromatic N) is 3. The Morgan fingerprint density at radius 2 is 1.66 bits per heavy atom. The molecule has 0 aliphatic heterocycles. The molecule has 1 aliphatic carbocycles. The van der Waals surface area contributed by atoms with Gasteiger partial charge in [0.25, 0.3) is 0 Å². The second-order valence-corrected chi connectivity index (χ2v) is 10.1. The largest absolute Gasteiger partial charge is 0.491 e. The maximum atomic E-state index is 14.0. The summed E-state index contributed by atoms with van der Waals surface area (Å²) >= 11 is 0. The summed E-state index contributed by atoms with van der Waals surface area (Å²) in [5, 5.41) is 15.8. The number of halogens is 1. The zero-order chi connectivity index (χ0) is 26.5. The number of para-hydroxylation sites is 2. The van der Waals surface area contributed by atoms with Crippen LogP contribution in [0.15, 0.2) is 84.9 Å². The van der Waals surface area contributed by atoms with Crippen LogP contribution >= 0.6 is 0 Å². The minimum absolute atomic E-state index is 0.136. The molecule has 0 unspecified atom stereocenters. The van der Waals surface area contributed by atoms with Crippen molar-refractivity contribution in [2.75, 3.05) is 13.2 Å². The Morgan fingerprint density at radius 3 is 2.32 bits per heavy atom. The summed E-state index contributed by atoms with van der Waals surface area (Å²) in [5.41, 5.74) is 2.72. The third-order valence-corrected chi connectivity index (χ3v) is 6.58. The van der Waals surface area contributed by atoms with Gasteiger partial charge in [-0.25, -0.2) is 9.07 Å². The van der Waals surface area contributed by atoms with E-state index in [-0.39, 0.29) is 18.3 Å². The number of aliphatic hydroxyl groups excluding tert-OH is 1. The van der Waals surface area contributed by atoms with E-state index < -0.39 is 6.10 Å². The standard InChI is InChI=1S/C31H34FN3O3/c1-22(2)30-29(20-34(24-16-17-24)19-26(36)21-37-27-13-7-4-8-14-27)31(38-28-15-9-10-23(32)18-28)35(33-30)25-11-5-3-6-12-25/h3-15,18,22,24,26,36H,16-17,19-21H2,1-2H3/t26-/m0/s1. The topological polar surface area (TPSA) is 59.8 Å². The number of hydrogen-bond donors (Lipinski definition) is 1. The van der Waals surface area contributed by atoms with Gasteiger partial charge in [0.1, 0.15) is 30.0 Å². The molecule has 4 aromatic rings. The van der Waals surface area contributed by atoms with Crippen LogP contribution in [-0.2, 0) is 6.54 Å². The maximum Gasteiger partial charge on any atom is 0.227 e. The van der Waals surface area contributed by atoms with Gasteiger partial charge in [0.05, 0.1) is 16.9 Å². The lowest BCUT2D eigenvalue weighted by Crippen LogP contribution is -2.37. The molecule has 0 spiro atoms. The van der Waals surface area contributed by atoms with Crippen molar-refractivity contribution < 1.29 is 19.0 Å². The number of hydrogen-bond acceptors (Lipinski definition) is 5. The van der Waals surface area contributed by atoms with E-state index in [0.717, 1.165) is 35.5 Å². The first-order chi connectivity index (χ1) is 18.5. The fourth-order valence-corrected chi connectivity index (χ4v) is 4.57. The predicted molar refractivity (Wildman–Crippen MR) is 146 cm³/mol. The fourth-order valence-electron chi connectivity index (χ4n) is 4.57. The SMILES string of the molecule is CC(C)c1nn(-c2ccccc2)c(Oc2cccc(F)c2)c1CN(C[C@H](O)COc1ccccc1)C1CC1. The molecule has 5 rings (SSSR count). The van der Waals surface area contributed by atoms with Crippen molar-refractivity contribution in [2.24, 2.45) is 0 Å². The summed E-state index contributed by atoms with van der Waals surface area (Å²) in [5.74, 6) is 1.48. The molecule has 198 valence electrons. The van der Waals surface area contributed by atoms with Crippen LogP contribution in [0, 0.1) is 5.82 Å². The van der Waals surface area contributed by atoms with Gasteiger partial charge in [0.2, 0.25) is 5.88 Å². The van der Waals surface area contributed by atoms with Crippen LogP contribution in [0.2, 0.25) is 0 Å². The van der Waals surface area contributed by atoms with Crippen molar-refractivity contribution >= 4 is 0 Å². The van der Waals surface area contributed by atoms with Gasteiger partial charge in [-0.15, -0.1) is 0 Å². The van der Waals surface area contributed by atoms with Crippen LogP contribution in [0.1, 0.15) is 43.9 Å². The Morgan fingerprint density at radius 1 is 0.974 bits per heavy atom. The fraction of sp³-hybridized carbons (Fsp3) is 0.323. The third-order valence-electron chi connectivity index (χ3n) is 6.58. The molecule has 0 amide bonds. The van der Waals surface area contributed by atoms with E-state index in [1.807, 2.05) is 60.7 Å². The van der Waals surface area contributed by atoms with Crippen molar-refractivity contribution in [1.29, 1.82) is 0 Å². The van der Waals surface area contributed by atoms with Gasteiger partial charge in [0, 0.05) is 25.2 Å². The van der Waals surface area contributed by atoms with Gasteiger partial charge in [-0.1, -0.05) is 56.3 Å². The van der Waals surface area contributed by atoms with E-state index in [4.69, 9.17) is 14.6 Å². The van der Waals surface area contributed by atoms with Gasteiger partial charge >= 0.3 is 0 Å². The number of aromatic nitrogens is 2. The van der Waals surface area contributed by atoms with Crippen LogP contribution in [0.5, 0.6) is 17.4 Å². The predicted octanol–water partition coefficient (Wildman–Crippen LogP) is 6.33. The Bertz CT molecular complexity index is 1320. The summed E-state index contributed by atoms with van der Waals surface area (Å²) in [6.07, 6.45) is 1.50.